The number of fused-ring (bicyclic) bond motifs is 1. The van der Waals surface area contributed by atoms with Crippen LogP contribution in [0.2, 0.25) is 0 Å². The van der Waals surface area contributed by atoms with E-state index in [1.54, 1.807) is 30.2 Å². The van der Waals surface area contributed by atoms with Gasteiger partial charge in [0.1, 0.15) is 11.6 Å². The van der Waals surface area contributed by atoms with Crippen molar-refractivity contribution in [3.63, 3.8) is 0 Å². The number of amides is 2. The molecule has 3 aromatic rings. The number of likely N-dealkylation sites (tertiary alicyclic amines) is 1. The second kappa shape index (κ2) is 9.30. The standard InChI is InChI=1S/C26H30N6O2/c1-30-13-11-18(12-14-30)19-9-10-22(23(15-19)34-3)28-25-27-16-20-17-32(21-7-5-4-6-8-21)26(33)31(2)24(20)29-25/h4-10,15-16,18H,11-14,17H2,1-3H3,(H,27,28,29). The second-order valence-corrected chi connectivity index (χ2v) is 8.97. The van der Waals surface area contributed by atoms with Crippen molar-refractivity contribution in [2.45, 2.75) is 25.3 Å². The summed E-state index contributed by atoms with van der Waals surface area (Å²) >= 11 is 0. The van der Waals surface area contributed by atoms with Crippen molar-refractivity contribution in [2.24, 2.45) is 0 Å². The maximum absolute atomic E-state index is 13.0. The predicted molar refractivity (Wildman–Crippen MR) is 134 cm³/mol. The lowest BCUT2D eigenvalue weighted by Gasteiger charge is -2.34. The molecule has 1 fully saturated rings. The first-order valence-electron chi connectivity index (χ1n) is 11.6. The molecular weight excluding hydrogens is 428 g/mol. The zero-order valence-corrected chi connectivity index (χ0v) is 19.9. The van der Waals surface area contributed by atoms with Gasteiger partial charge in [0.15, 0.2) is 0 Å². The van der Waals surface area contributed by atoms with E-state index in [4.69, 9.17) is 4.74 Å². The van der Waals surface area contributed by atoms with Crippen molar-refractivity contribution >= 4 is 29.2 Å². The van der Waals surface area contributed by atoms with E-state index in [9.17, 15) is 4.79 Å². The third-order valence-electron chi connectivity index (χ3n) is 6.74. The monoisotopic (exact) mass is 458 g/mol. The molecule has 8 heteroatoms. The van der Waals surface area contributed by atoms with Crippen LogP contribution in [0.25, 0.3) is 0 Å². The van der Waals surface area contributed by atoms with Gasteiger partial charge in [-0.25, -0.2) is 9.78 Å². The highest BCUT2D eigenvalue weighted by atomic mass is 16.5. The molecule has 0 radical (unpaired) electrons. The highest BCUT2D eigenvalue weighted by molar-refractivity contribution is 6.05. The number of nitrogens with one attached hydrogen (secondary N) is 1. The molecule has 0 unspecified atom stereocenters. The molecule has 34 heavy (non-hydrogen) atoms. The Hall–Kier alpha value is -3.65. The number of carbonyl (C=O) groups is 1. The smallest absolute Gasteiger partial charge is 0.330 e. The summed E-state index contributed by atoms with van der Waals surface area (Å²) < 4.78 is 5.68. The van der Waals surface area contributed by atoms with E-state index < -0.39 is 0 Å². The zero-order chi connectivity index (χ0) is 23.7. The fourth-order valence-corrected chi connectivity index (χ4v) is 4.71. The van der Waals surface area contributed by atoms with Crippen LogP contribution < -0.4 is 19.9 Å². The Labute approximate surface area is 200 Å². The zero-order valence-electron chi connectivity index (χ0n) is 19.9. The molecular formula is C26H30N6O2. The van der Waals surface area contributed by atoms with E-state index >= 15 is 0 Å². The summed E-state index contributed by atoms with van der Waals surface area (Å²) in [5, 5.41) is 3.28. The van der Waals surface area contributed by atoms with Crippen LogP contribution in [0.3, 0.4) is 0 Å². The number of benzene rings is 2. The highest BCUT2D eigenvalue weighted by Gasteiger charge is 2.30. The van der Waals surface area contributed by atoms with Crippen molar-refractivity contribution < 1.29 is 9.53 Å². The largest absolute Gasteiger partial charge is 0.495 e. The second-order valence-electron chi connectivity index (χ2n) is 8.97. The molecule has 2 aliphatic heterocycles. The molecule has 1 aromatic heterocycles. The molecule has 0 aliphatic carbocycles. The Morgan fingerprint density at radius 1 is 1.06 bits per heavy atom. The molecule has 1 saturated heterocycles. The molecule has 1 N–H and O–H groups in total. The fraction of sp³-hybridized carbons (Fsp3) is 0.346. The van der Waals surface area contributed by atoms with Crippen LogP contribution in [-0.2, 0) is 6.54 Å². The molecule has 0 spiro atoms. The molecule has 0 saturated carbocycles. The van der Waals surface area contributed by atoms with E-state index in [1.807, 2.05) is 36.4 Å². The van der Waals surface area contributed by atoms with Crippen molar-refractivity contribution in [1.29, 1.82) is 0 Å². The highest BCUT2D eigenvalue weighted by Crippen LogP contribution is 2.35. The van der Waals surface area contributed by atoms with Crippen LogP contribution in [0.15, 0.2) is 54.7 Å². The number of piperidine rings is 1. The number of methoxy groups -OCH3 is 1. The molecule has 0 atom stereocenters. The Kier molecular flexibility index (Phi) is 6.06. The van der Waals surface area contributed by atoms with E-state index in [2.05, 4.69) is 39.4 Å². The maximum atomic E-state index is 13.0. The number of ether oxygens (including phenoxy) is 1. The maximum Gasteiger partial charge on any atom is 0.330 e. The van der Waals surface area contributed by atoms with Gasteiger partial charge in [-0.1, -0.05) is 24.3 Å². The van der Waals surface area contributed by atoms with Gasteiger partial charge in [0, 0.05) is 24.5 Å². The molecule has 176 valence electrons. The first-order valence-corrected chi connectivity index (χ1v) is 11.6. The number of nitrogens with zero attached hydrogens (tertiary/aromatic N) is 5. The number of para-hydroxylation sites is 1. The lowest BCUT2D eigenvalue weighted by atomic mass is 9.89. The summed E-state index contributed by atoms with van der Waals surface area (Å²) in [6, 6.07) is 15.8. The van der Waals surface area contributed by atoms with E-state index in [0.29, 0.717) is 24.2 Å². The number of urea groups is 1. The molecule has 0 bridgehead atoms. The van der Waals surface area contributed by atoms with Crippen molar-refractivity contribution in [1.82, 2.24) is 14.9 Å². The minimum atomic E-state index is -0.122. The molecule has 2 aliphatic rings. The number of hydrogen-bond acceptors (Lipinski definition) is 6. The topological polar surface area (TPSA) is 73.8 Å². The van der Waals surface area contributed by atoms with Gasteiger partial charge in [0.05, 0.1) is 19.3 Å². The van der Waals surface area contributed by atoms with Gasteiger partial charge in [0.25, 0.3) is 0 Å². The summed E-state index contributed by atoms with van der Waals surface area (Å²) in [6.07, 6.45) is 4.09. The third-order valence-corrected chi connectivity index (χ3v) is 6.74. The van der Waals surface area contributed by atoms with Crippen LogP contribution in [0.1, 0.15) is 29.9 Å². The lowest BCUT2D eigenvalue weighted by Crippen LogP contribution is -2.45. The third kappa shape index (κ3) is 4.28. The summed E-state index contributed by atoms with van der Waals surface area (Å²) in [7, 11) is 5.59. The number of rotatable bonds is 5. The molecule has 8 nitrogen and oxygen atoms in total. The van der Waals surface area contributed by atoms with Crippen molar-refractivity contribution in [2.75, 3.05) is 49.4 Å². The van der Waals surface area contributed by atoms with Crippen molar-refractivity contribution in [3.8, 4) is 5.75 Å². The van der Waals surface area contributed by atoms with E-state index in [1.165, 1.54) is 5.56 Å². The van der Waals surface area contributed by atoms with E-state index in [-0.39, 0.29) is 6.03 Å². The van der Waals surface area contributed by atoms with Gasteiger partial charge in [-0.3, -0.25) is 9.80 Å². The molecule has 3 heterocycles. The van der Waals surface area contributed by atoms with Gasteiger partial charge in [-0.2, -0.15) is 4.98 Å². The average Bonchev–Trinajstić information content (AvgIpc) is 2.87. The van der Waals surface area contributed by atoms with Gasteiger partial charge >= 0.3 is 6.03 Å². The minimum absolute atomic E-state index is 0.122. The minimum Gasteiger partial charge on any atom is -0.495 e. The molecule has 2 amide bonds. The average molecular weight is 459 g/mol. The SMILES string of the molecule is COc1cc(C2CCN(C)CC2)ccc1Nc1ncc2c(n1)N(C)C(=O)N(c1ccccc1)C2. The fourth-order valence-electron chi connectivity index (χ4n) is 4.71. The normalized spacial score (nSPS) is 17.0. The van der Waals surface area contributed by atoms with Crippen LogP contribution in [0, 0.1) is 0 Å². The van der Waals surface area contributed by atoms with Crippen LogP contribution in [-0.4, -0.2) is 55.2 Å². The van der Waals surface area contributed by atoms with Gasteiger partial charge < -0.3 is 15.0 Å². The summed E-state index contributed by atoms with van der Waals surface area (Å²) in [5.41, 5.74) is 3.84. The number of hydrogen-bond donors (Lipinski definition) is 1. The summed E-state index contributed by atoms with van der Waals surface area (Å²) in [4.78, 5) is 27.9. The van der Waals surface area contributed by atoms with Gasteiger partial charge in [-0.15, -0.1) is 0 Å². The number of carbonyl (C=O) groups excluding carboxylic acids is 1. The van der Waals surface area contributed by atoms with E-state index in [0.717, 1.165) is 48.6 Å². The number of anilines is 4. The molecule has 5 rings (SSSR count). The Morgan fingerprint density at radius 3 is 2.56 bits per heavy atom. The number of aromatic nitrogens is 2. The first kappa shape index (κ1) is 22.2. The van der Waals surface area contributed by atoms with Crippen LogP contribution in [0.5, 0.6) is 5.75 Å². The molecule has 2 aromatic carbocycles. The van der Waals surface area contributed by atoms with Gasteiger partial charge in [0.2, 0.25) is 5.95 Å². The van der Waals surface area contributed by atoms with Crippen LogP contribution in [0.4, 0.5) is 27.9 Å². The van der Waals surface area contributed by atoms with Crippen molar-refractivity contribution in [3.05, 3.63) is 65.9 Å². The van der Waals surface area contributed by atoms with Crippen LogP contribution >= 0.6 is 0 Å². The Morgan fingerprint density at radius 2 is 1.82 bits per heavy atom. The quantitative estimate of drug-likeness (QED) is 0.602. The Balaban J connectivity index is 1.37. The predicted octanol–water partition coefficient (Wildman–Crippen LogP) is 4.61. The summed E-state index contributed by atoms with van der Waals surface area (Å²) in [5.74, 6) is 2.34. The summed E-state index contributed by atoms with van der Waals surface area (Å²) in [6.45, 7) is 2.66. The van der Waals surface area contributed by atoms with Gasteiger partial charge in [-0.05, 0) is 68.7 Å². The first-order chi connectivity index (χ1) is 16.5. The lowest BCUT2D eigenvalue weighted by molar-refractivity contribution is 0.251. The Bertz CT molecular complexity index is 1180.